The predicted octanol–water partition coefficient (Wildman–Crippen LogP) is 3.34. The van der Waals surface area contributed by atoms with Gasteiger partial charge in [0.2, 0.25) is 0 Å². The van der Waals surface area contributed by atoms with E-state index in [-0.39, 0.29) is 5.91 Å². The summed E-state index contributed by atoms with van der Waals surface area (Å²) in [5.41, 5.74) is 2.04. The number of nitrogens with zero attached hydrogens (tertiary/aromatic N) is 4. The minimum absolute atomic E-state index is 0.00661. The molecule has 3 aromatic rings. The molecule has 0 N–H and O–H groups in total. The Morgan fingerprint density at radius 3 is 2.50 bits per heavy atom. The molecular weight excluding hydrogens is 320 g/mol. The highest BCUT2D eigenvalue weighted by molar-refractivity contribution is 7.13. The van der Waals surface area contributed by atoms with Crippen molar-refractivity contribution in [2.75, 3.05) is 0 Å². The predicted molar refractivity (Wildman–Crippen MR) is 93.5 cm³/mol. The Morgan fingerprint density at radius 2 is 1.83 bits per heavy atom. The summed E-state index contributed by atoms with van der Waals surface area (Å²) in [5.74, 6) is -0.00661. The van der Waals surface area contributed by atoms with Gasteiger partial charge in [0.1, 0.15) is 4.88 Å². The number of carbonyl (C=O) groups is 1. The number of pyridine rings is 2. The Bertz CT molecular complexity index is 748. The first-order valence-electron chi connectivity index (χ1n) is 7.78. The summed E-state index contributed by atoms with van der Waals surface area (Å²) < 4.78 is 0. The molecule has 0 aliphatic carbocycles. The summed E-state index contributed by atoms with van der Waals surface area (Å²) in [6.45, 7) is 3.07. The third kappa shape index (κ3) is 4.02. The van der Waals surface area contributed by atoms with Gasteiger partial charge < -0.3 is 4.90 Å². The summed E-state index contributed by atoms with van der Waals surface area (Å²) in [7, 11) is 0. The largest absolute Gasteiger partial charge is 0.329 e. The number of thiazole rings is 1. The molecule has 0 bridgehead atoms. The van der Waals surface area contributed by atoms with E-state index in [0.29, 0.717) is 18.0 Å². The highest BCUT2D eigenvalue weighted by Gasteiger charge is 2.19. The number of amides is 1. The molecule has 6 heteroatoms. The number of aryl methyl sites for hydroxylation is 1. The SMILES string of the molecule is CCc1ncc(C(=O)N(Cc2ccncc2)Cc2cccnc2)s1. The zero-order chi connectivity index (χ0) is 16.8. The molecule has 0 atom stereocenters. The Morgan fingerprint density at radius 1 is 1.04 bits per heavy atom. The lowest BCUT2D eigenvalue weighted by molar-refractivity contribution is 0.0734. The molecule has 0 saturated heterocycles. The van der Waals surface area contributed by atoms with Crippen molar-refractivity contribution in [3.05, 3.63) is 76.3 Å². The molecule has 3 rings (SSSR count). The van der Waals surface area contributed by atoms with Crippen LogP contribution in [0.25, 0.3) is 0 Å². The summed E-state index contributed by atoms with van der Waals surface area (Å²) in [6, 6.07) is 7.71. The second kappa shape index (κ2) is 7.79. The van der Waals surface area contributed by atoms with E-state index in [1.807, 2.05) is 36.1 Å². The first-order valence-corrected chi connectivity index (χ1v) is 8.59. The average Bonchev–Trinajstić information content (AvgIpc) is 3.11. The van der Waals surface area contributed by atoms with Gasteiger partial charge in [-0.3, -0.25) is 14.8 Å². The smallest absolute Gasteiger partial charge is 0.266 e. The minimum atomic E-state index is -0.00661. The summed E-state index contributed by atoms with van der Waals surface area (Å²) in [5, 5.41) is 0.976. The number of carbonyl (C=O) groups excluding carboxylic acids is 1. The molecule has 0 aliphatic rings. The highest BCUT2D eigenvalue weighted by atomic mass is 32.1. The van der Waals surface area contributed by atoms with E-state index < -0.39 is 0 Å². The molecule has 0 spiro atoms. The van der Waals surface area contributed by atoms with Crippen molar-refractivity contribution in [1.82, 2.24) is 19.9 Å². The molecule has 0 aliphatic heterocycles. The van der Waals surface area contributed by atoms with Crippen LogP contribution in [0, 0.1) is 0 Å². The van der Waals surface area contributed by atoms with Crippen LogP contribution in [0.2, 0.25) is 0 Å². The van der Waals surface area contributed by atoms with Crippen molar-refractivity contribution in [2.24, 2.45) is 0 Å². The molecule has 24 heavy (non-hydrogen) atoms. The van der Waals surface area contributed by atoms with Crippen LogP contribution in [-0.2, 0) is 19.5 Å². The van der Waals surface area contributed by atoms with Gasteiger partial charge in [-0.25, -0.2) is 4.98 Å². The quantitative estimate of drug-likeness (QED) is 0.692. The molecule has 0 aromatic carbocycles. The fraction of sp³-hybridized carbons (Fsp3) is 0.222. The molecule has 0 unspecified atom stereocenters. The van der Waals surface area contributed by atoms with E-state index in [0.717, 1.165) is 22.6 Å². The summed E-state index contributed by atoms with van der Waals surface area (Å²) >= 11 is 1.46. The van der Waals surface area contributed by atoms with Gasteiger partial charge >= 0.3 is 0 Å². The topological polar surface area (TPSA) is 59.0 Å². The van der Waals surface area contributed by atoms with E-state index >= 15 is 0 Å². The molecular formula is C18H18N4OS. The first-order chi connectivity index (χ1) is 11.8. The van der Waals surface area contributed by atoms with Gasteiger partial charge in [0.15, 0.2) is 0 Å². The monoisotopic (exact) mass is 338 g/mol. The molecule has 0 fully saturated rings. The van der Waals surface area contributed by atoms with E-state index in [2.05, 4.69) is 15.0 Å². The minimum Gasteiger partial charge on any atom is -0.329 e. The Kier molecular flexibility index (Phi) is 5.28. The van der Waals surface area contributed by atoms with Gasteiger partial charge in [-0.2, -0.15) is 0 Å². The average molecular weight is 338 g/mol. The molecule has 3 heterocycles. The highest BCUT2D eigenvalue weighted by Crippen LogP contribution is 2.19. The number of rotatable bonds is 6. The van der Waals surface area contributed by atoms with Crippen molar-refractivity contribution >= 4 is 17.2 Å². The maximum absolute atomic E-state index is 12.9. The first kappa shape index (κ1) is 16.3. The van der Waals surface area contributed by atoms with Crippen LogP contribution in [0.4, 0.5) is 0 Å². The van der Waals surface area contributed by atoms with Crippen molar-refractivity contribution in [3.8, 4) is 0 Å². The standard InChI is InChI=1S/C18H18N4OS/c1-2-17-21-11-16(24-17)18(23)22(12-14-5-8-19-9-6-14)13-15-4-3-7-20-10-15/h3-11H,2,12-13H2,1H3. The van der Waals surface area contributed by atoms with Crippen LogP contribution in [0.1, 0.15) is 32.7 Å². The maximum atomic E-state index is 12.9. The zero-order valence-corrected chi connectivity index (χ0v) is 14.2. The van der Waals surface area contributed by atoms with Crippen LogP contribution in [0.5, 0.6) is 0 Å². The van der Waals surface area contributed by atoms with Crippen LogP contribution >= 0.6 is 11.3 Å². The normalized spacial score (nSPS) is 10.5. The molecule has 5 nitrogen and oxygen atoms in total. The second-order valence-electron chi connectivity index (χ2n) is 5.35. The van der Waals surface area contributed by atoms with Gasteiger partial charge in [-0.1, -0.05) is 13.0 Å². The lowest BCUT2D eigenvalue weighted by Gasteiger charge is -2.22. The molecule has 0 saturated carbocycles. The van der Waals surface area contributed by atoms with Gasteiger partial charge in [0, 0.05) is 37.9 Å². The van der Waals surface area contributed by atoms with Gasteiger partial charge in [-0.05, 0) is 35.7 Å². The van der Waals surface area contributed by atoms with E-state index in [9.17, 15) is 4.79 Å². The van der Waals surface area contributed by atoms with E-state index in [4.69, 9.17) is 0 Å². The fourth-order valence-electron chi connectivity index (χ4n) is 2.35. The molecule has 0 radical (unpaired) electrons. The second-order valence-corrected chi connectivity index (χ2v) is 6.46. The number of hydrogen-bond donors (Lipinski definition) is 0. The number of hydrogen-bond acceptors (Lipinski definition) is 5. The van der Waals surface area contributed by atoms with Crippen LogP contribution < -0.4 is 0 Å². The van der Waals surface area contributed by atoms with Crippen LogP contribution in [0.3, 0.4) is 0 Å². The van der Waals surface area contributed by atoms with Crippen molar-refractivity contribution in [1.29, 1.82) is 0 Å². The maximum Gasteiger partial charge on any atom is 0.266 e. The van der Waals surface area contributed by atoms with E-state index in [1.54, 1.807) is 31.0 Å². The van der Waals surface area contributed by atoms with E-state index in [1.165, 1.54) is 11.3 Å². The summed E-state index contributed by atoms with van der Waals surface area (Å²) in [4.78, 5) is 27.9. The molecule has 122 valence electrons. The van der Waals surface area contributed by atoms with Gasteiger partial charge in [0.05, 0.1) is 11.2 Å². The third-order valence-electron chi connectivity index (χ3n) is 3.57. The zero-order valence-electron chi connectivity index (χ0n) is 13.4. The van der Waals surface area contributed by atoms with Crippen molar-refractivity contribution in [2.45, 2.75) is 26.4 Å². The van der Waals surface area contributed by atoms with Crippen LogP contribution in [-0.4, -0.2) is 25.8 Å². The lowest BCUT2D eigenvalue weighted by atomic mass is 10.2. The Labute approximate surface area is 145 Å². The van der Waals surface area contributed by atoms with Gasteiger partial charge in [-0.15, -0.1) is 11.3 Å². The van der Waals surface area contributed by atoms with Gasteiger partial charge in [0.25, 0.3) is 5.91 Å². The molecule has 1 amide bonds. The Hall–Kier alpha value is -2.60. The van der Waals surface area contributed by atoms with Crippen molar-refractivity contribution in [3.63, 3.8) is 0 Å². The third-order valence-corrected chi connectivity index (χ3v) is 4.70. The van der Waals surface area contributed by atoms with Crippen LogP contribution in [0.15, 0.2) is 55.2 Å². The Balaban J connectivity index is 1.84. The summed E-state index contributed by atoms with van der Waals surface area (Å²) in [6.07, 6.45) is 9.51. The number of aromatic nitrogens is 3. The van der Waals surface area contributed by atoms with Crippen molar-refractivity contribution < 1.29 is 4.79 Å². The lowest BCUT2D eigenvalue weighted by Crippen LogP contribution is -2.29. The molecule has 3 aromatic heterocycles. The fourth-order valence-corrected chi connectivity index (χ4v) is 3.17.